The third-order valence-corrected chi connectivity index (χ3v) is 4.02. The van der Waals surface area contributed by atoms with E-state index in [-0.39, 0.29) is 24.5 Å². The molecule has 1 aromatic carbocycles. The first-order valence-corrected chi connectivity index (χ1v) is 7.51. The Morgan fingerprint density at radius 3 is 2.67 bits per heavy atom. The zero-order chi connectivity index (χ0) is 14.7. The Balaban J connectivity index is 1.69. The number of hydrogen-bond acceptors (Lipinski definition) is 3. The Labute approximate surface area is 124 Å². The van der Waals surface area contributed by atoms with Crippen molar-refractivity contribution in [2.24, 2.45) is 0 Å². The quantitative estimate of drug-likeness (QED) is 0.827. The molecule has 5 nitrogen and oxygen atoms in total. The summed E-state index contributed by atoms with van der Waals surface area (Å²) in [5, 5.41) is 0. The molecule has 0 spiro atoms. The van der Waals surface area contributed by atoms with Gasteiger partial charge in [0.15, 0.2) is 0 Å². The maximum absolute atomic E-state index is 12.4. The maximum Gasteiger partial charge on any atom is 0.252 e. The number of hydrogen-bond donors (Lipinski definition) is 0. The van der Waals surface area contributed by atoms with Crippen molar-refractivity contribution in [3.8, 4) is 0 Å². The van der Waals surface area contributed by atoms with E-state index >= 15 is 0 Å². The molecule has 2 fully saturated rings. The summed E-state index contributed by atoms with van der Waals surface area (Å²) in [5.74, 6) is -0.0548. The van der Waals surface area contributed by atoms with E-state index < -0.39 is 0 Å². The molecule has 112 valence electrons. The minimum Gasteiger partial charge on any atom is -0.368 e. The van der Waals surface area contributed by atoms with Crippen LogP contribution >= 0.6 is 0 Å². The van der Waals surface area contributed by atoms with E-state index in [4.69, 9.17) is 4.74 Å². The molecule has 1 aromatic rings. The highest BCUT2D eigenvalue weighted by molar-refractivity contribution is 5.97. The Kier molecular flexibility index (Phi) is 4.20. The molecule has 0 aromatic heterocycles. The summed E-state index contributed by atoms with van der Waals surface area (Å²) in [6, 6.07) is 9.62. The van der Waals surface area contributed by atoms with Crippen molar-refractivity contribution in [2.75, 3.05) is 31.1 Å². The largest absolute Gasteiger partial charge is 0.368 e. The van der Waals surface area contributed by atoms with E-state index in [0.717, 1.165) is 24.9 Å². The van der Waals surface area contributed by atoms with Crippen molar-refractivity contribution in [1.82, 2.24) is 4.90 Å². The normalized spacial score (nSPS) is 23.2. The highest BCUT2D eigenvalue weighted by Crippen LogP contribution is 2.19. The minimum atomic E-state index is -0.346. The standard InChI is InChI=1S/C16H20N2O3/c19-15-12-17(16(20)14-8-4-11-21-14)9-5-10-18(15)13-6-2-1-3-7-13/h1-3,6-7,14H,4-5,8-12H2. The lowest BCUT2D eigenvalue weighted by Crippen LogP contribution is -2.43. The van der Waals surface area contributed by atoms with Crippen LogP contribution in [0.3, 0.4) is 0 Å². The van der Waals surface area contributed by atoms with Crippen molar-refractivity contribution in [3.63, 3.8) is 0 Å². The van der Waals surface area contributed by atoms with E-state index in [9.17, 15) is 9.59 Å². The number of amides is 2. The van der Waals surface area contributed by atoms with Gasteiger partial charge in [-0.05, 0) is 31.4 Å². The van der Waals surface area contributed by atoms with Gasteiger partial charge in [-0.15, -0.1) is 0 Å². The monoisotopic (exact) mass is 288 g/mol. The van der Waals surface area contributed by atoms with Crippen LogP contribution in [0.5, 0.6) is 0 Å². The van der Waals surface area contributed by atoms with Gasteiger partial charge in [-0.3, -0.25) is 9.59 Å². The number of carbonyl (C=O) groups is 2. The fourth-order valence-corrected chi connectivity index (χ4v) is 2.92. The first kappa shape index (κ1) is 14.1. The van der Waals surface area contributed by atoms with E-state index in [1.54, 1.807) is 9.80 Å². The second-order valence-corrected chi connectivity index (χ2v) is 5.50. The Bertz CT molecular complexity index is 512. The van der Waals surface area contributed by atoms with Gasteiger partial charge in [0.2, 0.25) is 5.91 Å². The molecule has 0 N–H and O–H groups in total. The van der Waals surface area contributed by atoms with E-state index in [2.05, 4.69) is 0 Å². The van der Waals surface area contributed by atoms with Crippen molar-refractivity contribution < 1.29 is 14.3 Å². The molecule has 2 aliphatic rings. The van der Waals surface area contributed by atoms with Crippen LogP contribution in [0, 0.1) is 0 Å². The third kappa shape index (κ3) is 3.08. The third-order valence-electron chi connectivity index (χ3n) is 4.02. The van der Waals surface area contributed by atoms with Crippen molar-refractivity contribution in [3.05, 3.63) is 30.3 Å². The summed E-state index contributed by atoms with van der Waals surface area (Å²) in [6.07, 6.45) is 2.14. The fraction of sp³-hybridized carbons (Fsp3) is 0.500. The number of carbonyl (C=O) groups excluding carboxylic acids is 2. The average Bonchev–Trinajstić information content (AvgIpc) is 2.97. The van der Waals surface area contributed by atoms with Gasteiger partial charge >= 0.3 is 0 Å². The first-order chi connectivity index (χ1) is 10.3. The van der Waals surface area contributed by atoms with E-state index in [1.165, 1.54) is 0 Å². The summed E-state index contributed by atoms with van der Waals surface area (Å²) < 4.78 is 5.44. The Hall–Kier alpha value is -1.88. The molecule has 3 rings (SSSR count). The number of para-hydroxylation sites is 1. The van der Waals surface area contributed by atoms with Gasteiger partial charge in [0.05, 0.1) is 0 Å². The minimum absolute atomic E-state index is 0.0231. The van der Waals surface area contributed by atoms with Crippen LogP contribution in [0.2, 0.25) is 0 Å². The van der Waals surface area contributed by atoms with E-state index in [0.29, 0.717) is 19.7 Å². The molecule has 1 unspecified atom stereocenters. The van der Waals surface area contributed by atoms with Crippen LogP contribution in [0.4, 0.5) is 5.69 Å². The maximum atomic E-state index is 12.4. The SMILES string of the molecule is O=C(C1CCCO1)N1CCCN(c2ccccc2)C(=O)C1. The van der Waals surface area contributed by atoms with Crippen LogP contribution in [0.1, 0.15) is 19.3 Å². The summed E-state index contributed by atoms with van der Waals surface area (Å²) in [5.41, 5.74) is 0.897. The fourth-order valence-electron chi connectivity index (χ4n) is 2.92. The molecule has 2 saturated heterocycles. The number of nitrogens with zero attached hydrogens (tertiary/aromatic N) is 2. The number of anilines is 1. The second-order valence-electron chi connectivity index (χ2n) is 5.50. The summed E-state index contributed by atoms with van der Waals surface area (Å²) in [7, 11) is 0. The molecular weight excluding hydrogens is 268 g/mol. The molecule has 0 saturated carbocycles. The van der Waals surface area contributed by atoms with Crippen LogP contribution in [0.15, 0.2) is 30.3 Å². The molecule has 2 amide bonds. The van der Waals surface area contributed by atoms with Gasteiger partial charge in [-0.2, -0.15) is 0 Å². The van der Waals surface area contributed by atoms with E-state index in [1.807, 2.05) is 30.3 Å². The molecular formula is C16H20N2O3. The molecule has 21 heavy (non-hydrogen) atoms. The highest BCUT2D eigenvalue weighted by atomic mass is 16.5. The Morgan fingerprint density at radius 2 is 1.95 bits per heavy atom. The predicted molar refractivity (Wildman–Crippen MR) is 79.0 cm³/mol. The molecule has 5 heteroatoms. The highest BCUT2D eigenvalue weighted by Gasteiger charge is 2.32. The lowest BCUT2D eigenvalue weighted by atomic mass is 10.2. The van der Waals surface area contributed by atoms with Crippen molar-refractivity contribution >= 4 is 17.5 Å². The molecule has 0 radical (unpaired) electrons. The zero-order valence-electron chi connectivity index (χ0n) is 12.0. The van der Waals surface area contributed by atoms with Gasteiger partial charge < -0.3 is 14.5 Å². The summed E-state index contributed by atoms with van der Waals surface area (Å²) in [4.78, 5) is 28.2. The molecule has 0 aliphatic carbocycles. The lowest BCUT2D eigenvalue weighted by Gasteiger charge is -2.23. The zero-order valence-corrected chi connectivity index (χ0v) is 12.0. The molecule has 0 bridgehead atoms. The van der Waals surface area contributed by atoms with Gasteiger partial charge in [0, 0.05) is 25.4 Å². The Morgan fingerprint density at radius 1 is 1.14 bits per heavy atom. The van der Waals surface area contributed by atoms with Crippen LogP contribution in [0.25, 0.3) is 0 Å². The van der Waals surface area contributed by atoms with Gasteiger partial charge in [-0.25, -0.2) is 0 Å². The number of rotatable bonds is 2. The first-order valence-electron chi connectivity index (χ1n) is 7.51. The van der Waals surface area contributed by atoms with Crippen LogP contribution in [-0.2, 0) is 14.3 Å². The smallest absolute Gasteiger partial charge is 0.252 e. The van der Waals surface area contributed by atoms with Gasteiger partial charge in [0.1, 0.15) is 12.6 Å². The topological polar surface area (TPSA) is 49.9 Å². The van der Waals surface area contributed by atoms with Crippen molar-refractivity contribution in [1.29, 1.82) is 0 Å². The number of benzene rings is 1. The summed E-state index contributed by atoms with van der Waals surface area (Å²) in [6.45, 7) is 2.06. The van der Waals surface area contributed by atoms with Crippen molar-refractivity contribution in [2.45, 2.75) is 25.4 Å². The second kappa shape index (κ2) is 6.26. The lowest BCUT2D eigenvalue weighted by molar-refractivity contribution is -0.143. The predicted octanol–water partition coefficient (Wildman–Crippen LogP) is 1.43. The molecule has 1 atom stereocenters. The van der Waals surface area contributed by atoms with Gasteiger partial charge in [-0.1, -0.05) is 18.2 Å². The molecule has 2 heterocycles. The van der Waals surface area contributed by atoms with Crippen LogP contribution in [-0.4, -0.2) is 49.1 Å². The average molecular weight is 288 g/mol. The van der Waals surface area contributed by atoms with Crippen LogP contribution < -0.4 is 4.90 Å². The molecule has 2 aliphatic heterocycles. The number of ether oxygens (including phenoxy) is 1. The summed E-state index contributed by atoms with van der Waals surface area (Å²) >= 11 is 0. The van der Waals surface area contributed by atoms with Gasteiger partial charge in [0.25, 0.3) is 5.91 Å².